The van der Waals surface area contributed by atoms with Crippen LogP contribution in [0, 0.1) is 0 Å². The van der Waals surface area contributed by atoms with Crippen molar-refractivity contribution in [2.75, 3.05) is 13.7 Å². The summed E-state index contributed by atoms with van der Waals surface area (Å²) in [4.78, 5) is 11.2. The van der Waals surface area contributed by atoms with Gasteiger partial charge in [0.25, 0.3) is 0 Å². The third-order valence-electron chi connectivity index (χ3n) is 2.53. The highest BCUT2D eigenvalue weighted by Gasteiger charge is 2.21. The van der Waals surface area contributed by atoms with E-state index in [9.17, 15) is 4.79 Å². The second-order valence-electron chi connectivity index (χ2n) is 3.68. The Hall–Kier alpha value is -1.35. The molecule has 1 fully saturated rings. The molecule has 2 rings (SSSR count). The Morgan fingerprint density at radius 2 is 2.13 bits per heavy atom. The first-order valence-electron chi connectivity index (χ1n) is 5.08. The van der Waals surface area contributed by atoms with Gasteiger partial charge in [-0.25, -0.2) is 4.79 Å². The van der Waals surface area contributed by atoms with E-state index in [1.807, 2.05) is 12.1 Å². The van der Waals surface area contributed by atoms with Gasteiger partial charge in [-0.3, -0.25) is 0 Å². The fourth-order valence-corrected chi connectivity index (χ4v) is 1.49. The van der Waals surface area contributed by atoms with E-state index in [-0.39, 0.29) is 5.97 Å². The normalized spacial score (nSPS) is 18.6. The van der Waals surface area contributed by atoms with Crippen molar-refractivity contribution in [3.63, 3.8) is 0 Å². The molecule has 0 aromatic heterocycles. The highest BCUT2D eigenvalue weighted by Crippen LogP contribution is 2.17. The van der Waals surface area contributed by atoms with Crippen LogP contribution in [-0.4, -0.2) is 25.8 Å². The zero-order chi connectivity index (χ0) is 10.7. The summed E-state index contributed by atoms with van der Waals surface area (Å²) in [7, 11) is 1.39. The Kier molecular flexibility index (Phi) is 3.02. The van der Waals surface area contributed by atoms with Gasteiger partial charge in [-0.2, -0.15) is 0 Å². The highest BCUT2D eigenvalue weighted by molar-refractivity contribution is 5.89. The van der Waals surface area contributed by atoms with Crippen molar-refractivity contribution in [3.05, 3.63) is 35.4 Å². The minimum Gasteiger partial charge on any atom is -0.465 e. The Morgan fingerprint density at radius 1 is 1.47 bits per heavy atom. The lowest BCUT2D eigenvalue weighted by Crippen LogP contribution is -2.01. The molecule has 0 spiro atoms. The first-order valence-corrected chi connectivity index (χ1v) is 5.08. The summed E-state index contributed by atoms with van der Waals surface area (Å²) in [6.45, 7) is 0.903. The molecule has 0 aliphatic carbocycles. The Labute approximate surface area is 89.0 Å². The molecule has 1 aliphatic rings. The lowest BCUT2D eigenvalue weighted by Gasteiger charge is -2.01. The lowest BCUT2D eigenvalue weighted by molar-refractivity contribution is 0.0600. The largest absolute Gasteiger partial charge is 0.465 e. The molecule has 1 aromatic rings. The maximum atomic E-state index is 11.2. The SMILES string of the molecule is COC(=O)c1ccc(CCC2CO2)cc1. The zero-order valence-electron chi connectivity index (χ0n) is 8.73. The topological polar surface area (TPSA) is 38.8 Å². The van der Waals surface area contributed by atoms with E-state index in [4.69, 9.17) is 4.74 Å². The maximum absolute atomic E-state index is 11.2. The summed E-state index contributed by atoms with van der Waals surface area (Å²) in [6.07, 6.45) is 2.54. The van der Waals surface area contributed by atoms with Crippen LogP contribution in [0.4, 0.5) is 0 Å². The number of carbonyl (C=O) groups is 1. The second kappa shape index (κ2) is 4.45. The molecule has 1 unspecified atom stereocenters. The average Bonchev–Trinajstić information content (AvgIpc) is 3.10. The van der Waals surface area contributed by atoms with Crippen LogP contribution in [0.3, 0.4) is 0 Å². The quantitative estimate of drug-likeness (QED) is 0.557. The molecular formula is C12H14O3. The van der Waals surface area contributed by atoms with Crippen LogP contribution < -0.4 is 0 Å². The summed E-state index contributed by atoms with van der Waals surface area (Å²) >= 11 is 0. The third-order valence-corrected chi connectivity index (χ3v) is 2.53. The number of hydrogen-bond acceptors (Lipinski definition) is 3. The van der Waals surface area contributed by atoms with Gasteiger partial charge < -0.3 is 9.47 Å². The fraction of sp³-hybridized carbons (Fsp3) is 0.417. The standard InChI is InChI=1S/C12H14O3/c1-14-12(13)10-5-2-9(3-6-10)4-7-11-8-15-11/h2-3,5-6,11H,4,7-8H2,1H3. The van der Waals surface area contributed by atoms with Crippen molar-refractivity contribution < 1.29 is 14.3 Å². The number of methoxy groups -OCH3 is 1. The molecule has 1 heterocycles. The second-order valence-corrected chi connectivity index (χ2v) is 3.68. The molecule has 0 amide bonds. The smallest absolute Gasteiger partial charge is 0.337 e. The molecule has 0 radical (unpaired) electrons. The van der Waals surface area contributed by atoms with E-state index in [2.05, 4.69) is 4.74 Å². The van der Waals surface area contributed by atoms with Crippen LogP contribution in [0.25, 0.3) is 0 Å². The first-order chi connectivity index (χ1) is 7.29. The van der Waals surface area contributed by atoms with Crippen molar-refractivity contribution in [1.82, 2.24) is 0 Å². The summed E-state index contributed by atoms with van der Waals surface area (Å²) in [5, 5.41) is 0. The van der Waals surface area contributed by atoms with Gasteiger partial charge in [0.1, 0.15) is 0 Å². The third kappa shape index (κ3) is 2.80. The van der Waals surface area contributed by atoms with Gasteiger partial charge in [0.05, 0.1) is 25.4 Å². The lowest BCUT2D eigenvalue weighted by atomic mass is 10.1. The number of benzene rings is 1. The Balaban J connectivity index is 1.93. The van der Waals surface area contributed by atoms with Gasteiger partial charge in [-0.1, -0.05) is 12.1 Å². The van der Waals surface area contributed by atoms with Crippen molar-refractivity contribution in [3.8, 4) is 0 Å². The van der Waals surface area contributed by atoms with Gasteiger partial charge in [-0.05, 0) is 30.5 Å². The van der Waals surface area contributed by atoms with Gasteiger partial charge in [-0.15, -0.1) is 0 Å². The molecule has 80 valence electrons. The van der Waals surface area contributed by atoms with E-state index >= 15 is 0 Å². The summed E-state index contributed by atoms with van der Waals surface area (Å²) in [5.74, 6) is -0.285. The van der Waals surface area contributed by atoms with E-state index in [0.29, 0.717) is 11.7 Å². The zero-order valence-corrected chi connectivity index (χ0v) is 8.73. The van der Waals surface area contributed by atoms with Crippen molar-refractivity contribution >= 4 is 5.97 Å². The molecule has 1 aliphatic heterocycles. The minimum atomic E-state index is -0.285. The number of epoxide rings is 1. The van der Waals surface area contributed by atoms with Crippen molar-refractivity contribution in [2.45, 2.75) is 18.9 Å². The summed E-state index contributed by atoms with van der Waals surface area (Å²) < 4.78 is 9.76. The molecule has 1 saturated heterocycles. The number of hydrogen-bond donors (Lipinski definition) is 0. The first kappa shape index (κ1) is 10.2. The summed E-state index contributed by atoms with van der Waals surface area (Å²) in [6, 6.07) is 7.53. The number of aryl methyl sites for hydroxylation is 1. The predicted molar refractivity (Wildman–Crippen MR) is 55.8 cm³/mol. The monoisotopic (exact) mass is 206 g/mol. The van der Waals surface area contributed by atoms with Crippen LogP contribution in [0.2, 0.25) is 0 Å². The minimum absolute atomic E-state index is 0.285. The number of carbonyl (C=O) groups excluding carboxylic acids is 1. The summed E-state index contributed by atoms with van der Waals surface area (Å²) in [5.41, 5.74) is 1.84. The molecule has 3 heteroatoms. The fourth-order valence-electron chi connectivity index (χ4n) is 1.49. The number of esters is 1. The molecule has 3 nitrogen and oxygen atoms in total. The van der Waals surface area contributed by atoms with Crippen LogP contribution >= 0.6 is 0 Å². The number of rotatable bonds is 4. The van der Waals surface area contributed by atoms with Crippen molar-refractivity contribution in [2.24, 2.45) is 0 Å². The average molecular weight is 206 g/mol. The Morgan fingerprint density at radius 3 is 2.67 bits per heavy atom. The molecular weight excluding hydrogens is 192 g/mol. The van der Waals surface area contributed by atoms with Gasteiger partial charge >= 0.3 is 5.97 Å². The Bertz CT molecular complexity index is 338. The van der Waals surface area contributed by atoms with Crippen LogP contribution in [-0.2, 0) is 15.9 Å². The van der Waals surface area contributed by atoms with E-state index in [1.54, 1.807) is 12.1 Å². The van der Waals surface area contributed by atoms with Crippen LogP contribution in [0.5, 0.6) is 0 Å². The molecule has 1 atom stereocenters. The van der Waals surface area contributed by atoms with Crippen LogP contribution in [0.15, 0.2) is 24.3 Å². The van der Waals surface area contributed by atoms with Gasteiger partial charge in [0.15, 0.2) is 0 Å². The molecule has 0 saturated carbocycles. The van der Waals surface area contributed by atoms with Crippen molar-refractivity contribution in [1.29, 1.82) is 0 Å². The molecule has 0 bridgehead atoms. The maximum Gasteiger partial charge on any atom is 0.337 e. The number of ether oxygens (including phenoxy) is 2. The predicted octanol–water partition coefficient (Wildman–Crippen LogP) is 1.80. The van der Waals surface area contributed by atoms with E-state index in [0.717, 1.165) is 19.4 Å². The molecule has 1 aromatic carbocycles. The highest BCUT2D eigenvalue weighted by atomic mass is 16.6. The molecule has 0 N–H and O–H groups in total. The van der Waals surface area contributed by atoms with Crippen LogP contribution in [0.1, 0.15) is 22.3 Å². The molecule has 15 heavy (non-hydrogen) atoms. The van der Waals surface area contributed by atoms with Gasteiger partial charge in [0, 0.05) is 0 Å². The van der Waals surface area contributed by atoms with E-state index in [1.165, 1.54) is 12.7 Å². The van der Waals surface area contributed by atoms with E-state index < -0.39 is 0 Å². The van der Waals surface area contributed by atoms with Gasteiger partial charge in [0.2, 0.25) is 0 Å².